The van der Waals surface area contributed by atoms with Crippen LogP contribution in [0.5, 0.6) is 0 Å². The Morgan fingerprint density at radius 3 is 1.46 bits per heavy atom. The van der Waals surface area contributed by atoms with Gasteiger partial charge in [0.2, 0.25) is 0 Å². The number of aliphatic hydroxyl groups excluding tert-OH is 2. The highest BCUT2D eigenvalue weighted by molar-refractivity contribution is 9.09. The van der Waals surface area contributed by atoms with Gasteiger partial charge in [-0.25, -0.2) is 0 Å². The molecule has 2 N–H and O–H groups in total. The van der Waals surface area contributed by atoms with Crippen molar-refractivity contribution in [3.63, 3.8) is 0 Å². The second-order valence-corrected chi connectivity index (χ2v) is 23.2. The van der Waals surface area contributed by atoms with Crippen molar-refractivity contribution in [2.45, 2.75) is 155 Å². The van der Waals surface area contributed by atoms with E-state index in [0.717, 1.165) is 63.4 Å². The van der Waals surface area contributed by atoms with Crippen molar-refractivity contribution in [2.75, 3.05) is 88.7 Å². The summed E-state index contributed by atoms with van der Waals surface area (Å²) in [5.41, 5.74) is 1.47. The maximum Gasteiger partial charge on any atom is 0.307 e. The summed E-state index contributed by atoms with van der Waals surface area (Å²) in [6.07, 6.45) is 27.6. The number of rotatable bonds is 43. The van der Waals surface area contributed by atoms with Crippen LogP contribution in [-0.4, -0.2) is 115 Å². The summed E-state index contributed by atoms with van der Waals surface area (Å²) < 4.78 is 12.0. The van der Waals surface area contributed by atoms with E-state index in [9.17, 15) is 15.0 Å². The Kier molecular flexibility index (Phi) is 41.3. The molecule has 1 saturated carbocycles. The predicted molar refractivity (Wildman–Crippen MR) is 249 cm³/mol. The molecule has 0 bridgehead atoms. The van der Waals surface area contributed by atoms with Crippen molar-refractivity contribution in [3.8, 4) is 0 Å². The molecule has 1 aliphatic carbocycles. The lowest BCUT2D eigenvalue weighted by molar-refractivity contribution is -0.143. The number of carbonyl (C=O) groups excluding carboxylic acids is 1. The normalized spacial score (nSPS) is 12.9. The maximum atomic E-state index is 12.7. The van der Waals surface area contributed by atoms with E-state index >= 15 is 0 Å². The van der Waals surface area contributed by atoms with Gasteiger partial charge in [-0.3, -0.25) is 9.69 Å². The van der Waals surface area contributed by atoms with Crippen LogP contribution in [0.4, 0.5) is 0 Å². The molecular formula is C41H80N2O5S6. The quantitative estimate of drug-likeness (QED) is 0.0264. The number of hydrogen-bond donors (Lipinski definition) is 2. The van der Waals surface area contributed by atoms with Crippen molar-refractivity contribution >= 4 is 68.8 Å². The molecule has 0 spiro atoms. The zero-order valence-corrected chi connectivity index (χ0v) is 39.3. The monoisotopic (exact) mass is 872 g/mol. The van der Waals surface area contributed by atoms with E-state index in [-0.39, 0.29) is 19.2 Å². The van der Waals surface area contributed by atoms with Gasteiger partial charge in [-0.2, -0.15) is 0 Å². The highest BCUT2D eigenvalue weighted by Gasteiger charge is 2.18. The zero-order chi connectivity index (χ0) is 39.0. The van der Waals surface area contributed by atoms with Crippen LogP contribution >= 0.6 is 62.8 Å². The molecule has 320 valence electrons. The minimum Gasteiger partial charge on any atom is -0.497 e. The van der Waals surface area contributed by atoms with Gasteiger partial charge in [-0.1, -0.05) is 147 Å². The van der Waals surface area contributed by atoms with Crippen molar-refractivity contribution in [1.82, 2.24) is 9.80 Å². The summed E-state index contributed by atoms with van der Waals surface area (Å²) in [5, 5.41) is 18.9. The molecule has 0 unspecified atom stereocenters. The molecule has 0 aliphatic heterocycles. The third-order valence-corrected chi connectivity index (χ3v) is 18.2. The number of hydrogen-bond acceptors (Lipinski definition) is 13. The molecule has 0 amide bonds. The fraction of sp³-hybridized carbons (Fsp3) is 0.927. The number of allylic oxidation sites excluding steroid dienone is 1. The molecule has 0 aromatic carbocycles. The largest absolute Gasteiger partial charge is 0.497 e. The topological polar surface area (TPSA) is 82.5 Å². The van der Waals surface area contributed by atoms with Gasteiger partial charge >= 0.3 is 5.97 Å². The highest BCUT2D eigenvalue weighted by atomic mass is 33.5. The van der Waals surface area contributed by atoms with Crippen molar-refractivity contribution in [1.29, 1.82) is 0 Å². The van der Waals surface area contributed by atoms with Crippen molar-refractivity contribution in [3.05, 3.63) is 11.3 Å². The van der Waals surface area contributed by atoms with Gasteiger partial charge in [0.1, 0.15) is 6.61 Å². The highest BCUT2D eigenvalue weighted by Crippen LogP contribution is 2.36. The molecule has 13 heteroatoms. The first-order valence-corrected chi connectivity index (χ1v) is 29.3. The van der Waals surface area contributed by atoms with Crippen molar-refractivity contribution < 1.29 is 24.5 Å². The van der Waals surface area contributed by atoms with Gasteiger partial charge in [0, 0.05) is 55.6 Å². The van der Waals surface area contributed by atoms with Gasteiger partial charge in [0.05, 0.1) is 32.0 Å². The smallest absolute Gasteiger partial charge is 0.307 e. The first kappa shape index (κ1) is 53.0. The minimum absolute atomic E-state index is 0.0906. The van der Waals surface area contributed by atoms with Crippen LogP contribution in [0.1, 0.15) is 155 Å². The van der Waals surface area contributed by atoms with Crippen LogP contribution in [0.2, 0.25) is 0 Å². The maximum absolute atomic E-state index is 12.7. The second-order valence-electron chi connectivity index (χ2n) is 14.3. The third-order valence-electron chi connectivity index (χ3n) is 9.65. The molecule has 0 saturated heterocycles. The number of aliphatic hydroxyl groups is 2. The Bertz CT molecular complexity index is 851. The lowest BCUT2D eigenvalue weighted by Crippen LogP contribution is -2.35. The van der Waals surface area contributed by atoms with E-state index in [4.69, 9.17) is 9.47 Å². The molecule has 54 heavy (non-hydrogen) atoms. The molecule has 0 atom stereocenters. The van der Waals surface area contributed by atoms with Crippen LogP contribution in [0, 0.1) is 0 Å². The fourth-order valence-electron chi connectivity index (χ4n) is 6.22. The first-order valence-electron chi connectivity index (χ1n) is 21.6. The van der Waals surface area contributed by atoms with E-state index in [1.165, 1.54) is 132 Å². The van der Waals surface area contributed by atoms with Gasteiger partial charge in [-0.15, -0.1) is 0 Å². The van der Waals surface area contributed by atoms with Gasteiger partial charge in [0.25, 0.3) is 0 Å². The number of ether oxygens (including phenoxy) is 2. The lowest BCUT2D eigenvalue weighted by atomic mass is 9.90. The molecule has 0 aromatic rings. The van der Waals surface area contributed by atoms with Gasteiger partial charge < -0.3 is 24.6 Å². The Morgan fingerprint density at radius 2 is 0.981 bits per heavy atom. The molecule has 0 aromatic heterocycles. The molecule has 0 radical (unpaired) electrons. The van der Waals surface area contributed by atoms with Crippen LogP contribution in [0.25, 0.3) is 0 Å². The van der Waals surface area contributed by atoms with Crippen LogP contribution < -0.4 is 0 Å². The number of esters is 1. The predicted octanol–water partition coefficient (Wildman–Crippen LogP) is 12.1. The van der Waals surface area contributed by atoms with E-state index in [0.29, 0.717) is 32.7 Å². The lowest BCUT2D eigenvalue weighted by Gasteiger charge is -2.27. The number of carbonyl (C=O) groups is 1. The summed E-state index contributed by atoms with van der Waals surface area (Å²) >= 11 is 0. The molecule has 7 nitrogen and oxygen atoms in total. The van der Waals surface area contributed by atoms with Crippen LogP contribution in [0.15, 0.2) is 11.3 Å². The summed E-state index contributed by atoms with van der Waals surface area (Å²) in [6, 6.07) is 0. The summed E-state index contributed by atoms with van der Waals surface area (Å²) in [4.78, 5) is 17.2. The van der Waals surface area contributed by atoms with E-state index < -0.39 is 0 Å². The Morgan fingerprint density at radius 1 is 0.537 bits per heavy atom. The molecule has 0 heterocycles. The standard InChI is InChI=1S/C41H80N2O5S6/c1-3-5-7-9-11-13-15-17-35-49-53-51-37-33-47-40(39-21-19-22-39)23-27-42(25-20-26-43(29-31-44)30-32-45)28-24-41(46)48-34-38-52-54-50-36-18-16-14-12-10-8-6-4-2/h44-45H,3-38H2,1-2H3. The first-order chi connectivity index (χ1) is 26.6. The average molecular weight is 874 g/mol. The molecule has 1 rings (SSSR count). The second kappa shape index (κ2) is 42.1. The minimum atomic E-state index is -0.122. The molecule has 1 fully saturated rings. The summed E-state index contributed by atoms with van der Waals surface area (Å²) in [6.45, 7) is 10.3. The van der Waals surface area contributed by atoms with Gasteiger partial charge in [-0.05, 0) is 76.8 Å². The Balaban J connectivity index is 2.34. The average Bonchev–Trinajstić information content (AvgIpc) is 3.15. The number of nitrogens with zero attached hydrogens (tertiary/aromatic N) is 2. The fourth-order valence-corrected chi connectivity index (χ4v) is 13.6. The molecule has 1 aliphatic rings. The Labute approximate surface area is 355 Å². The summed E-state index contributed by atoms with van der Waals surface area (Å²) in [7, 11) is 11.4. The zero-order valence-electron chi connectivity index (χ0n) is 34.4. The third kappa shape index (κ3) is 33.9. The van der Waals surface area contributed by atoms with Crippen LogP contribution in [0.3, 0.4) is 0 Å². The van der Waals surface area contributed by atoms with Crippen LogP contribution in [-0.2, 0) is 14.3 Å². The Hall–Kier alpha value is 0.950. The number of unbranched alkanes of at least 4 members (excludes halogenated alkanes) is 14. The van der Waals surface area contributed by atoms with E-state index in [2.05, 4.69) is 23.6 Å². The SMILES string of the molecule is CCCCCCCCCCSSSCCOC(=O)CCN(CCCN(CCO)CCO)CCC(OCCSSSCCCCCCCCCC)=C1CCC1. The summed E-state index contributed by atoms with van der Waals surface area (Å²) in [5.74, 6) is 5.28. The van der Waals surface area contributed by atoms with E-state index in [1.807, 2.05) is 52.0 Å². The molecular weight excluding hydrogens is 793 g/mol. The van der Waals surface area contributed by atoms with E-state index in [1.54, 1.807) is 10.8 Å². The van der Waals surface area contributed by atoms with Crippen molar-refractivity contribution in [2.24, 2.45) is 0 Å². The van der Waals surface area contributed by atoms with Gasteiger partial charge in [0.15, 0.2) is 0 Å².